The number of hydrogen-bond donors (Lipinski definition) is 1. The van der Waals surface area contributed by atoms with Gasteiger partial charge < -0.3 is 14.8 Å². The summed E-state index contributed by atoms with van der Waals surface area (Å²) in [6.07, 6.45) is 7.74. The summed E-state index contributed by atoms with van der Waals surface area (Å²) in [5.74, 6) is 0.961. The third-order valence-electron chi connectivity index (χ3n) is 4.11. The summed E-state index contributed by atoms with van der Waals surface area (Å²) in [5, 5.41) is 3.24. The Hall–Kier alpha value is -1.54. The number of nitrogens with one attached hydrogen (secondary N) is 1. The highest BCUT2D eigenvalue weighted by Gasteiger charge is 2.20. The first-order valence-electron chi connectivity index (χ1n) is 8.03. The van der Waals surface area contributed by atoms with Crippen LogP contribution in [-0.2, 0) is 0 Å². The van der Waals surface area contributed by atoms with Gasteiger partial charge in [-0.25, -0.2) is 0 Å². The standard InChI is InChI=1S/C18H18ClIN2O3/c1-24-15-7-6-11(8-16(15)25-12-4-2-3-5-12)18(23)22-17-13(19)9-21-10-14(17)20/h6-10,12H,2-5H2,1H3,(H,21,22,23). The largest absolute Gasteiger partial charge is 0.493 e. The molecule has 2 aromatic rings. The second kappa shape index (κ2) is 8.23. The molecule has 5 nitrogen and oxygen atoms in total. The van der Waals surface area contributed by atoms with Crippen molar-refractivity contribution in [1.82, 2.24) is 4.98 Å². The summed E-state index contributed by atoms with van der Waals surface area (Å²) in [5.41, 5.74) is 1.04. The molecule has 1 aliphatic rings. The number of amides is 1. The Morgan fingerprint density at radius 2 is 2.04 bits per heavy atom. The number of carbonyl (C=O) groups is 1. The summed E-state index contributed by atoms with van der Waals surface area (Å²) in [6, 6.07) is 5.17. The van der Waals surface area contributed by atoms with Crippen molar-refractivity contribution in [2.45, 2.75) is 31.8 Å². The van der Waals surface area contributed by atoms with Gasteiger partial charge in [0.25, 0.3) is 5.91 Å². The minimum absolute atomic E-state index is 0.183. The maximum atomic E-state index is 12.6. The van der Waals surface area contributed by atoms with Crippen molar-refractivity contribution in [1.29, 1.82) is 0 Å². The number of pyridine rings is 1. The van der Waals surface area contributed by atoms with E-state index < -0.39 is 0 Å². The van der Waals surface area contributed by atoms with E-state index in [0.717, 1.165) is 16.4 Å². The summed E-state index contributed by atoms with van der Waals surface area (Å²) in [4.78, 5) is 16.6. The van der Waals surface area contributed by atoms with Crippen molar-refractivity contribution < 1.29 is 14.3 Å². The average Bonchev–Trinajstić information content (AvgIpc) is 3.11. The predicted octanol–water partition coefficient (Wildman–Crippen LogP) is 4.92. The van der Waals surface area contributed by atoms with Crippen LogP contribution in [0.4, 0.5) is 5.69 Å². The van der Waals surface area contributed by atoms with Gasteiger partial charge in [-0.3, -0.25) is 9.78 Å². The molecule has 1 heterocycles. The maximum absolute atomic E-state index is 12.6. The van der Waals surface area contributed by atoms with Gasteiger partial charge in [0.2, 0.25) is 0 Å². The minimum atomic E-state index is -0.259. The molecular formula is C18H18ClIN2O3. The van der Waals surface area contributed by atoms with Gasteiger partial charge in [-0.15, -0.1) is 0 Å². The molecule has 1 N–H and O–H groups in total. The zero-order valence-electron chi connectivity index (χ0n) is 13.7. The van der Waals surface area contributed by atoms with Crippen molar-refractivity contribution in [3.63, 3.8) is 0 Å². The minimum Gasteiger partial charge on any atom is -0.493 e. The molecule has 1 aliphatic carbocycles. The Morgan fingerprint density at radius 1 is 1.28 bits per heavy atom. The molecule has 7 heteroatoms. The molecule has 0 saturated heterocycles. The number of carbonyl (C=O) groups excluding carboxylic acids is 1. The number of aromatic nitrogens is 1. The van der Waals surface area contributed by atoms with E-state index in [0.29, 0.717) is 27.8 Å². The van der Waals surface area contributed by atoms with Gasteiger partial charge in [0.15, 0.2) is 11.5 Å². The van der Waals surface area contributed by atoms with E-state index in [4.69, 9.17) is 21.1 Å². The van der Waals surface area contributed by atoms with Gasteiger partial charge >= 0.3 is 0 Å². The maximum Gasteiger partial charge on any atom is 0.255 e. The molecule has 1 saturated carbocycles. The normalized spacial score (nSPS) is 14.4. The Bertz CT molecular complexity index is 759. The van der Waals surface area contributed by atoms with E-state index in [9.17, 15) is 4.79 Å². The van der Waals surface area contributed by atoms with E-state index in [-0.39, 0.29) is 12.0 Å². The molecule has 1 amide bonds. The molecule has 0 spiro atoms. The number of methoxy groups -OCH3 is 1. The molecule has 1 aromatic heterocycles. The molecule has 132 valence electrons. The van der Waals surface area contributed by atoms with Crippen molar-refractivity contribution in [3.05, 3.63) is 44.7 Å². The summed E-state index contributed by atoms with van der Waals surface area (Å²) >= 11 is 8.21. The van der Waals surface area contributed by atoms with E-state index >= 15 is 0 Å². The zero-order chi connectivity index (χ0) is 17.8. The molecule has 0 aliphatic heterocycles. The van der Waals surface area contributed by atoms with Gasteiger partial charge in [-0.2, -0.15) is 0 Å². The van der Waals surface area contributed by atoms with Crippen molar-refractivity contribution in [3.8, 4) is 11.5 Å². The van der Waals surface area contributed by atoms with Crippen LogP contribution in [0.5, 0.6) is 11.5 Å². The highest BCUT2D eigenvalue weighted by Crippen LogP contribution is 2.33. The molecule has 0 atom stereocenters. The van der Waals surface area contributed by atoms with Crippen LogP contribution < -0.4 is 14.8 Å². The van der Waals surface area contributed by atoms with Crippen LogP contribution in [0.25, 0.3) is 0 Å². The van der Waals surface area contributed by atoms with Crippen LogP contribution >= 0.6 is 34.2 Å². The first kappa shape index (κ1) is 18.3. The lowest BCUT2D eigenvalue weighted by Gasteiger charge is -2.17. The van der Waals surface area contributed by atoms with Gasteiger partial charge in [-0.1, -0.05) is 11.6 Å². The number of nitrogens with zero attached hydrogens (tertiary/aromatic N) is 1. The molecule has 0 bridgehead atoms. The topological polar surface area (TPSA) is 60.5 Å². The SMILES string of the molecule is COc1ccc(C(=O)Nc2c(Cl)cncc2I)cc1OC1CCCC1. The lowest BCUT2D eigenvalue weighted by atomic mass is 10.1. The number of benzene rings is 1. The first-order valence-corrected chi connectivity index (χ1v) is 9.49. The fourth-order valence-corrected chi connectivity index (χ4v) is 3.76. The zero-order valence-corrected chi connectivity index (χ0v) is 16.6. The molecule has 25 heavy (non-hydrogen) atoms. The molecule has 0 radical (unpaired) electrons. The number of halogens is 2. The molecule has 3 rings (SSSR count). The van der Waals surface area contributed by atoms with Gasteiger partial charge in [-0.05, 0) is 66.5 Å². The summed E-state index contributed by atoms with van der Waals surface area (Å²) < 4.78 is 12.2. The van der Waals surface area contributed by atoms with Gasteiger partial charge in [0.1, 0.15) is 0 Å². The number of ether oxygens (including phenoxy) is 2. The van der Waals surface area contributed by atoms with Crippen LogP contribution in [0.2, 0.25) is 5.02 Å². The van der Waals surface area contributed by atoms with E-state index in [1.54, 1.807) is 31.5 Å². The lowest BCUT2D eigenvalue weighted by molar-refractivity contribution is 0.102. The summed E-state index contributed by atoms with van der Waals surface area (Å²) in [7, 11) is 1.59. The number of rotatable bonds is 5. The number of hydrogen-bond acceptors (Lipinski definition) is 4. The monoisotopic (exact) mass is 472 g/mol. The number of anilines is 1. The fourth-order valence-electron chi connectivity index (χ4n) is 2.81. The van der Waals surface area contributed by atoms with Gasteiger partial charge in [0, 0.05) is 18.0 Å². The van der Waals surface area contributed by atoms with E-state index in [1.165, 1.54) is 19.0 Å². The van der Waals surface area contributed by atoms with Crippen LogP contribution in [0.15, 0.2) is 30.6 Å². The van der Waals surface area contributed by atoms with Crippen LogP contribution in [0.3, 0.4) is 0 Å². The van der Waals surface area contributed by atoms with E-state index in [1.807, 2.05) is 0 Å². The average molecular weight is 473 g/mol. The van der Waals surface area contributed by atoms with Crippen LogP contribution in [0.1, 0.15) is 36.0 Å². The fraction of sp³-hybridized carbons (Fsp3) is 0.333. The quantitative estimate of drug-likeness (QED) is 0.628. The molecule has 1 aromatic carbocycles. The molecular weight excluding hydrogens is 455 g/mol. The highest BCUT2D eigenvalue weighted by atomic mass is 127. The Balaban J connectivity index is 1.82. The smallest absolute Gasteiger partial charge is 0.255 e. The van der Waals surface area contributed by atoms with Crippen molar-refractivity contribution >= 4 is 45.8 Å². The highest BCUT2D eigenvalue weighted by molar-refractivity contribution is 14.1. The van der Waals surface area contributed by atoms with Crippen molar-refractivity contribution in [2.75, 3.05) is 12.4 Å². The van der Waals surface area contributed by atoms with Crippen molar-refractivity contribution in [2.24, 2.45) is 0 Å². The first-order chi connectivity index (χ1) is 12.1. The molecule has 0 unspecified atom stereocenters. The molecule has 1 fully saturated rings. The summed E-state index contributed by atoms with van der Waals surface area (Å²) in [6.45, 7) is 0. The third-order valence-corrected chi connectivity index (χ3v) is 5.22. The van der Waals surface area contributed by atoms with E-state index in [2.05, 4.69) is 32.9 Å². The predicted molar refractivity (Wildman–Crippen MR) is 106 cm³/mol. The Kier molecular flexibility index (Phi) is 6.01. The Morgan fingerprint density at radius 3 is 2.72 bits per heavy atom. The second-order valence-electron chi connectivity index (χ2n) is 5.82. The third kappa shape index (κ3) is 4.36. The lowest BCUT2D eigenvalue weighted by Crippen LogP contribution is -2.15. The van der Waals surface area contributed by atoms with Crippen LogP contribution in [0, 0.1) is 3.57 Å². The second-order valence-corrected chi connectivity index (χ2v) is 7.39. The van der Waals surface area contributed by atoms with Crippen LogP contribution in [-0.4, -0.2) is 24.1 Å². The Labute approximate surface area is 165 Å². The van der Waals surface area contributed by atoms with Gasteiger partial charge in [0.05, 0.1) is 27.5 Å².